The molecule has 1 aromatic carbocycles. The molecule has 1 amide bonds. The smallest absolute Gasteiger partial charge is 0.226 e. The molecule has 2 aromatic rings. The maximum atomic E-state index is 14.6. The first-order valence-electron chi connectivity index (χ1n) is 9.30. The van der Waals surface area contributed by atoms with Crippen LogP contribution in [0.2, 0.25) is 0 Å². The Bertz CT molecular complexity index is 873. The van der Waals surface area contributed by atoms with Gasteiger partial charge >= 0.3 is 0 Å². The minimum Gasteiger partial charge on any atom is -0.366 e. The summed E-state index contributed by atoms with van der Waals surface area (Å²) in [5, 5.41) is 2.55. The number of aromatic nitrogens is 1. The van der Waals surface area contributed by atoms with Gasteiger partial charge in [0.1, 0.15) is 11.6 Å². The highest BCUT2D eigenvalue weighted by atomic mass is 19.1. The average molecular weight is 391 g/mol. The summed E-state index contributed by atoms with van der Waals surface area (Å²) in [6.07, 6.45) is 1.67. The monoisotopic (exact) mass is 391 g/mol. The number of hydrogen-bond donors (Lipinski definition) is 1. The van der Waals surface area contributed by atoms with Gasteiger partial charge in [-0.2, -0.15) is 0 Å². The van der Waals surface area contributed by atoms with Crippen LogP contribution >= 0.6 is 0 Å². The molecule has 4 nitrogen and oxygen atoms in total. The van der Waals surface area contributed by atoms with Crippen LogP contribution in [0.25, 0.3) is 0 Å². The van der Waals surface area contributed by atoms with Crippen molar-refractivity contribution in [2.75, 3.05) is 16.8 Å². The number of fused-ring (bicyclic) bond motifs is 1. The molecule has 0 aliphatic carbocycles. The number of aryl methyl sites for hydroxylation is 1. The second-order valence-electron chi connectivity index (χ2n) is 8.37. The summed E-state index contributed by atoms with van der Waals surface area (Å²) < 4.78 is 41.5. The summed E-state index contributed by atoms with van der Waals surface area (Å²) in [5.41, 5.74) is 1.50. The van der Waals surface area contributed by atoms with Gasteiger partial charge in [-0.3, -0.25) is 4.79 Å². The molecule has 0 radical (unpaired) electrons. The molecule has 1 N–H and O–H groups in total. The number of benzene rings is 1. The Morgan fingerprint density at radius 2 is 1.82 bits per heavy atom. The van der Waals surface area contributed by atoms with E-state index in [1.165, 1.54) is 18.2 Å². The molecule has 0 saturated heterocycles. The SMILES string of the molecule is CC(C)(C)CC(=O)Nc1nc2c(cc1F)N(Cc1cc(F)cc(F)c1)CCC2. The molecule has 0 unspecified atom stereocenters. The standard InChI is InChI=1S/C21H24F3N3O/c1-21(2,3)11-19(28)26-20-16(24)10-18-17(25-20)5-4-6-27(18)12-13-7-14(22)9-15(23)8-13/h7-10H,4-6,11-12H2,1-3H3,(H,25,26,28). The molecule has 1 aliphatic rings. The summed E-state index contributed by atoms with van der Waals surface area (Å²) >= 11 is 0. The third kappa shape index (κ3) is 5.03. The molecule has 2 heterocycles. The summed E-state index contributed by atoms with van der Waals surface area (Å²) in [5.74, 6) is -2.28. The number of carbonyl (C=O) groups excluding carboxylic acids is 1. The lowest BCUT2D eigenvalue weighted by Gasteiger charge is -2.31. The zero-order valence-corrected chi connectivity index (χ0v) is 16.3. The van der Waals surface area contributed by atoms with Crippen LogP contribution in [0.4, 0.5) is 24.7 Å². The molecule has 0 saturated carbocycles. The van der Waals surface area contributed by atoms with Crippen molar-refractivity contribution in [2.45, 2.75) is 46.6 Å². The molecule has 0 bridgehead atoms. The number of nitrogens with zero attached hydrogens (tertiary/aromatic N) is 2. The predicted octanol–water partition coefficient (Wildman–Crippen LogP) is 4.83. The number of pyridine rings is 1. The van der Waals surface area contributed by atoms with E-state index in [9.17, 15) is 18.0 Å². The van der Waals surface area contributed by atoms with Crippen LogP contribution in [-0.4, -0.2) is 17.4 Å². The van der Waals surface area contributed by atoms with Crippen molar-refractivity contribution in [1.29, 1.82) is 0 Å². The first kappa shape index (κ1) is 20.2. The second kappa shape index (κ2) is 7.81. The Morgan fingerprint density at radius 1 is 1.14 bits per heavy atom. The zero-order chi connectivity index (χ0) is 20.5. The summed E-state index contributed by atoms with van der Waals surface area (Å²) in [7, 11) is 0. The fourth-order valence-electron chi connectivity index (χ4n) is 3.37. The van der Waals surface area contributed by atoms with Crippen LogP contribution in [0.3, 0.4) is 0 Å². The van der Waals surface area contributed by atoms with Crippen LogP contribution in [0.1, 0.15) is 44.9 Å². The predicted molar refractivity (Wildman–Crippen MR) is 103 cm³/mol. The number of nitrogens with one attached hydrogen (secondary N) is 1. The molecule has 7 heteroatoms. The molecule has 0 atom stereocenters. The molecular weight excluding hydrogens is 367 g/mol. The Hall–Kier alpha value is -2.57. The largest absolute Gasteiger partial charge is 0.366 e. The average Bonchev–Trinajstić information content (AvgIpc) is 2.53. The molecule has 1 aliphatic heterocycles. The topological polar surface area (TPSA) is 45.2 Å². The fraction of sp³-hybridized carbons (Fsp3) is 0.429. The maximum Gasteiger partial charge on any atom is 0.226 e. The van der Waals surface area contributed by atoms with Gasteiger partial charge in [0, 0.05) is 31.6 Å². The maximum absolute atomic E-state index is 14.6. The van der Waals surface area contributed by atoms with Gasteiger partial charge in [0.05, 0.1) is 11.4 Å². The highest BCUT2D eigenvalue weighted by Crippen LogP contribution is 2.31. The van der Waals surface area contributed by atoms with Crippen LogP contribution in [0, 0.1) is 22.9 Å². The third-order valence-corrected chi connectivity index (χ3v) is 4.46. The second-order valence-corrected chi connectivity index (χ2v) is 8.37. The van der Waals surface area contributed by atoms with E-state index in [1.54, 1.807) is 0 Å². The summed E-state index contributed by atoms with van der Waals surface area (Å²) in [6.45, 7) is 6.66. The number of rotatable bonds is 4. The Kier molecular flexibility index (Phi) is 5.63. The first-order valence-corrected chi connectivity index (χ1v) is 9.30. The molecule has 0 spiro atoms. The Labute approximate surface area is 162 Å². The van der Waals surface area contributed by atoms with Gasteiger partial charge in [0.15, 0.2) is 11.6 Å². The Balaban J connectivity index is 1.82. The fourth-order valence-corrected chi connectivity index (χ4v) is 3.37. The summed E-state index contributed by atoms with van der Waals surface area (Å²) in [4.78, 5) is 18.3. The van der Waals surface area contributed by atoms with Crippen molar-refractivity contribution in [3.05, 3.63) is 53.0 Å². The highest BCUT2D eigenvalue weighted by molar-refractivity contribution is 5.90. The van der Waals surface area contributed by atoms with E-state index in [1.807, 2.05) is 25.7 Å². The van der Waals surface area contributed by atoms with Crippen LogP contribution in [0.15, 0.2) is 24.3 Å². The molecular formula is C21H24F3N3O. The highest BCUT2D eigenvalue weighted by Gasteiger charge is 2.23. The first-order chi connectivity index (χ1) is 13.1. The van der Waals surface area contributed by atoms with Crippen molar-refractivity contribution in [3.63, 3.8) is 0 Å². The lowest BCUT2D eigenvalue weighted by Crippen LogP contribution is -2.30. The quantitative estimate of drug-likeness (QED) is 0.812. The van der Waals surface area contributed by atoms with E-state index in [0.29, 0.717) is 29.9 Å². The number of amides is 1. The number of carbonyl (C=O) groups is 1. The van der Waals surface area contributed by atoms with Crippen LogP contribution in [0.5, 0.6) is 0 Å². The molecule has 28 heavy (non-hydrogen) atoms. The molecule has 0 fully saturated rings. The molecule has 1 aromatic heterocycles. The van der Waals surface area contributed by atoms with Crippen molar-refractivity contribution in [1.82, 2.24) is 4.98 Å². The van der Waals surface area contributed by atoms with Crippen molar-refractivity contribution in [2.24, 2.45) is 5.41 Å². The van der Waals surface area contributed by atoms with Crippen LogP contribution in [-0.2, 0) is 17.8 Å². The van der Waals surface area contributed by atoms with Crippen molar-refractivity contribution < 1.29 is 18.0 Å². The van der Waals surface area contributed by atoms with Gasteiger partial charge in [-0.25, -0.2) is 18.2 Å². The van der Waals surface area contributed by atoms with Gasteiger partial charge in [-0.1, -0.05) is 20.8 Å². The van der Waals surface area contributed by atoms with E-state index in [-0.39, 0.29) is 30.1 Å². The molecule has 3 rings (SSSR count). The van der Waals surface area contributed by atoms with E-state index >= 15 is 0 Å². The lowest BCUT2D eigenvalue weighted by molar-refractivity contribution is -0.117. The summed E-state index contributed by atoms with van der Waals surface area (Å²) in [6, 6.07) is 4.69. The third-order valence-electron chi connectivity index (χ3n) is 4.46. The van der Waals surface area contributed by atoms with Gasteiger partial charge in [-0.15, -0.1) is 0 Å². The van der Waals surface area contributed by atoms with Gasteiger partial charge in [-0.05, 0) is 36.0 Å². The lowest BCUT2D eigenvalue weighted by atomic mass is 9.92. The molecule has 150 valence electrons. The zero-order valence-electron chi connectivity index (χ0n) is 16.3. The number of halogens is 3. The van der Waals surface area contributed by atoms with Gasteiger partial charge in [0.25, 0.3) is 0 Å². The van der Waals surface area contributed by atoms with Gasteiger partial charge in [0.2, 0.25) is 5.91 Å². The van der Waals surface area contributed by atoms with Crippen molar-refractivity contribution >= 4 is 17.4 Å². The van der Waals surface area contributed by atoms with E-state index < -0.39 is 17.5 Å². The number of hydrogen-bond acceptors (Lipinski definition) is 3. The minimum absolute atomic E-state index is 0.0772. The minimum atomic E-state index is -0.645. The van der Waals surface area contributed by atoms with E-state index in [0.717, 1.165) is 12.5 Å². The number of anilines is 2. The van der Waals surface area contributed by atoms with Crippen LogP contribution < -0.4 is 10.2 Å². The van der Waals surface area contributed by atoms with E-state index in [4.69, 9.17) is 0 Å². The van der Waals surface area contributed by atoms with E-state index in [2.05, 4.69) is 10.3 Å². The van der Waals surface area contributed by atoms with Gasteiger partial charge < -0.3 is 10.2 Å². The Morgan fingerprint density at radius 3 is 2.46 bits per heavy atom. The normalized spacial score (nSPS) is 14.0. The van der Waals surface area contributed by atoms with Crippen molar-refractivity contribution in [3.8, 4) is 0 Å².